The van der Waals surface area contributed by atoms with E-state index in [0.717, 1.165) is 49.5 Å². The molecule has 0 unspecified atom stereocenters. The molecule has 0 aliphatic heterocycles. The van der Waals surface area contributed by atoms with Gasteiger partial charge < -0.3 is 4.98 Å². The summed E-state index contributed by atoms with van der Waals surface area (Å²) in [6.45, 7) is 3.70. The number of aryl methyl sites for hydroxylation is 1. The molecular formula is C29H23N6O+. The molecule has 0 atom stereocenters. The number of rotatable bonds is 3. The molecule has 2 aromatic carbocycles. The van der Waals surface area contributed by atoms with Crippen LogP contribution in [-0.4, -0.2) is 19.5 Å². The number of nitrogens with zero attached hydrogens (tertiary/aromatic N) is 5. The number of pyridine rings is 3. The Morgan fingerprint density at radius 3 is 2.64 bits per heavy atom. The summed E-state index contributed by atoms with van der Waals surface area (Å²) in [5.74, 6) is 0. The van der Waals surface area contributed by atoms with E-state index < -0.39 is 5.41 Å². The second-order valence-electron chi connectivity index (χ2n) is 9.53. The van der Waals surface area contributed by atoms with Crippen LogP contribution >= 0.6 is 0 Å². The van der Waals surface area contributed by atoms with Crippen molar-refractivity contribution in [2.24, 2.45) is 7.05 Å². The van der Waals surface area contributed by atoms with Crippen LogP contribution in [0, 0.1) is 11.3 Å². The van der Waals surface area contributed by atoms with Crippen molar-refractivity contribution in [3.8, 4) is 22.9 Å². The van der Waals surface area contributed by atoms with Crippen LogP contribution in [0.3, 0.4) is 0 Å². The Bertz CT molecular complexity index is 1900. The van der Waals surface area contributed by atoms with Gasteiger partial charge in [0.2, 0.25) is 17.4 Å². The lowest BCUT2D eigenvalue weighted by molar-refractivity contribution is -0.566. The highest BCUT2D eigenvalue weighted by molar-refractivity contribution is 6.04. The van der Waals surface area contributed by atoms with Crippen LogP contribution < -0.4 is 10.3 Å². The Morgan fingerprint density at radius 2 is 1.86 bits per heavy atom. The maximum absolute atomic E-state index is 12.6. The molecule has 174 valence electrons. The number of nitriles is 1. The molecule has 4 heterocycles. The van der Waals surface area contributed by atoms with Crippen molar-refractivity contribution < 1.29 is 4.57 Å². The Kier molecular flexibility index (Phi) is 4.73. The monoisotopic (exact) mass is 471 g/mol. The first-order valence-corrected chi connectivity index (χ1v) is 11.7. The molecule has 4 aromatic heterocycles. The van der Waals surface area contributed by atoms with Crippen molar-refractivity contribution in [2.45, 2.75) is 19.3 Å². The molecule has 7 heteroatoms. The summed E-state index contributed by atoms with van der Waals surface area (Å²) in [5, 5.41) is 12.6. The highest BCUT2D eigenvalue weighted by Gasteiger charge is 2.24. The number of hydrogen-bond acceptors (Lipinski definition) is 4. The zero-order valence-electron chi connectivity index (χ0n) is 20.1. The topological polar surface area (TPSA) is 91.2 Å². The van der Waals surface area contributed by atoms with E-state index in [1.807, 2.05) is 61.3 Å². The van der Waals surface area contributed by atoms with E-state index in [2.05, 4.69) is 51.4 Å². The molecule has 1 N–H and O–H groups in total. The molecule has 0 radical (unpaired) electrons. The van der Waals surface area contributed by atoms with Crippen molar-refractivity contribution in [3.63, 3.8) is 0 Å². The number of imidazole rings is 1. The lowest BCUT2D eigenvalue weighted by atomic mass is 9.91. The van der Waals surface area contributed by atoms with Gasteiger partial charge in [0, 0.05) is 42.5 Å². The molecule has 0 aliphatic carbocycles. The third-order valence-corrected chi connectivity index (χ3v) is 6.86. The number of benzene rings is 2. The van der Waals surface area contributed by atoms with Crippen LogP contribution in [0.5, 0.6) is 0 Å². The Labute approximate surface area is 206 Å². The van der Waals surface area contributed by atoms with E-state index in [-0.39, 0.29) is 5.69 Å². The van der Waals surface area contributed by atoms with Crippen LogP contribution in [0.1, 0.15) is 19.5 Å². The summed E-state index contributed by atoms with van der Waals surface area (Å²) in [5.41, 5.74) is 5.22. The molecule has 0 amide bonds. The summed E-state index contributed by atoms with van der Waals surface area (Å²) in [6, 6.07) is 20.6. The third kappa shape index (κ3) is 3.27. The van der Waals surface area contributed by atoms with Gasteiger partial charge in [-0.05, 0) is 43.0 Å². The maximum atomic E-state index is 12.6. The fourth-order valence-electron chi connectivity index (χ4n) is 4.71. The van der Waals surface area contributed by atoms with Crippen molar-refractivity contribution in [2.75, 3.05) is 0 Å². The molecular weight excluding hydrogens is 448 g/mol. The van der Waals surface area contributed by atoms with E-state index in [9.17, 15) is 10.1 Å². The summed E-state index contributed by atoms with van der Waals surface area (Å²) >= 11 is 0. The summed E-state index contributed by atoms with van der Waals surface area (Å²) in [4.78, 5) is 24.7. The van der Waals surface area contributed by atoms with Crippen LogP contribution in [0.4, 0.5) is 0 Å². The van der Waals surface area contributed by atoms with Crippen LogP contribution in [0.15, 0.2) is 84.2 Å². The average Bonchev–Trinajstić information content (AvgIpc) is 3.21. The Balaban J connectivity index is 1.62. The first kappa shape index (κ1) is 21.7. The van der Waals surface area contributed by atoms with E-state index in [4.69, 9.17) is 0 Å². The number of aromatic nitrogens is 5. The van der Waals surface area contributed by atoms with E-state index in [1.54, 1.807) is 17.8 Å². The normalized spacial score (nSPS) is 11.8. The maximum Gasteiger partial charge on any atom is 0.326 e. The fourth-order valence-corrected chi connectivity index (χ4v) is 4.71. The number of aromatic amines is 1. The molecule has 0 spiro atoms. The van der Waals surface area contributed by atoms with Gasteiger partial charge in [0.25, 0.3) is 0 Å². The van der Waals surface area contributed by atoms with Gasteiger partial charge in [-0.1, -0.05) is 24.3 Å². The zero-order chi connectivity index (χ0) is 25.0. The van der Waals surface area contributed by atoms with Crippen molar-refractivity contribution in [1.82, 2.24) is 19.5 Å². The van der Waals surface area contributed by atoms with Gasteiger partial charge in [-0.3, -0.25) is 14.5 Å². The van der Waals surface area contributed by atoms with Gasteiger partial charge in [0.15, 0.2) is 0 Å². The standard InChI is InChI=1S/C29H22N6O/c1-29(2,17-30)26-11-9-20(14-32-26)35-16-25-27(33-28(36)34(25)3)22-12-18(8-10-24(22)35)23-15-31-13-19-6-4-5-7-21(19)23/h4-16H,1-3H3/p+1. The lowest BCUT2D eigenvalue weighted by Crippen LogP contribution is -2.32. The molecule has 6 aromatic rings. The van der Waals surface area contributed by atoms with E-state index >= 15 is 0 Å². The minimum absolute atomic E-state index is 0.175. The van der Waals surface area contributed by atoms with Crippen molar-refractivity contribution >= 4 is 32.7 Å². The SMILES string of the molecule is Cn1c(=O)[nH]c2c3cc(-c4cncc5ccccc45)ccc3[n+](-c3ccc(C(C)(C)C#N)nc3)cc21. The Hall–Kier alpha value is -4.83. The first-order valence-electron chi connectivity index (χ1n) is 11.7. The van der Waals surface area contributed by atoms with Crippen molar-refractivity contribution in [1.29, 1.82) is 5.26 Å². The van der Waals surface area contributed by atoms with Crippen LogP contribution in [-0.2, 0) is 12.5 Å². The second kappa shape index (κ2) is 7.85. The molecule has 7 nitrogen and oxygen atoms in total. The Morgan fingerprint density at radius 1 is 1.03 bits per heavy atom. The van der Waals surface area contributed by atoms with Gasteiger partial charge in [0.05, 0.1) is 34.3 Å². The summed E-state index contributed by atoms with van der Waals surface area (Å²) < 4.78 is 3.64. The average molecular weight is 472 g/mol. The number of hydrogen-bond donors (Lipinski definition) is 1. The zero-order valence-corrected chi connectivity index (χ0v) is 20.1. The quantitative estimate of drug-likeness (QED) is 0.379. The fraction of sp³-hybridized carbons (Fsp3) is 0.138. The molecule has 36 heavy (non-hydrogen) atoms. The van der Waals surface area contributed by atoms with Gasteiger partial charge in [-0.25, -0.2) is 4.79 Å². The number of nitrogens with one attached hydrogen (secondary N) is 1. The van der Waals surface area contributed by atoms with Gasteiger partial charge in [-0.15, -0.1) is 0 Å². The second-order valence-corrected chi connectivity index (χ2v) is 9.53. The van der Waals surface area contributed by atoms with Gasteiger partial charge in [-0.2, -0.15) is 9.83 Å². The van der Waals surface area contributed by atoms with E-state index in [1.165, 1.54) is 0 Å². The minimum atomic E-state index is -0.679. The summed E-state index contributed by atoms with van der Waals surface area (Å²) in [6.07, 6.45) is 7.46. The van der Waals surface area contributed by atoms with Crippen LogP contribution in [0.25, 0.3) is 49.5 Å². The summed E-state index contributed by atoms with van der Waals surface area (Å²) in [7, 11) is 1.76. The highest BCUT2D eigenvalue weighted by Crippen LogP contribution is 2.31. The van der Waals surface area contributed by atoms with Crippen molar-refractivity contribution in [3.05, 3.63) is 95.6 Å². The predicted molar refractivity (Wildman–Crippen MR) is 140 cm³/mol. The molecule has 0 saturated carbocycles. The lowest BCUT2D eigenvalue weighted by Gasteiger charge is -2.13. The smallest absolute Gasteiger partial charge is 0.305 e. The number of H-pyrrole nitrogens is 1. The molecule has 0 bridgehead atoms. The molecule has 6 rings (SSSR count). The predicted octanol–water partition coefficient (Wildman–Crippen LogP) is 4.71. The van der Waals surface area contributed by atoms with Crippen LogP contribution in [0.2, 0.25) is 0 Å². The minimum Gasteiger partial charge on any atom is -0.305 e. The molecule has 0 saturated heterocycles. The van der Waals surface area contributed by atoms with Gasteiger partial charge >= 0.3 is 5.69 Å². The highest BCUT2D eigenvalue weighted by atomic mass is 16.1. The largest absolute Gasteiger partial charge is 0.326 e. The number of fused-ring (bicyclic) bond motifs is 4. The molecule has 0 fully saturated rings. The van der Waals surface area contributed by atoms with Gasteiger partial charge in [0.1, 0.15) is 5.52 Å². The first-order chi connectivity index (χ1) is 17.4. The molecule has 0 aliphatic rings. The third-order valence-electron chi connectivity index (χ3n) is 6.86. The van der Waals surface area contributed by atoms with E-state index in [0.29, 0.717) is 5.69 Å².